The first-order chi connectivity index (χ1) is 12.3. The van der Waals surface area contributed by atoms with Gasteiger partial charge in [-0.1, -0.05) is 0 Å². The van der Waals surface area contributed by atoms with Gasteiger partial charge in [0.15, 0.2) is 0 Å². The van der Waals surface area contributed by atoms with Gasteiger partial charge in [-0.2, -0.15) is 4.98 Å². The smallest absolute Gasteiger partial charge is 0.224 e. The summed E-state index contributed by atoms with van der Waals surface area (Å²) in [6, 6.07) is 2.08. The monoisotopic (exact) mass is 347 g/mol. The fourth-order valence-electron chi connectivity index (χ4n) is 4.55. The highest BCUT2D eigenvalue weighted by molar-refractivity contribution is 5.44. The Hall–Kier alpha value is -1.44. The SMILES string of the molecule is OCCNc1nc(NCC23CCCN2CCC3)cc([C@H]2CCOC2)n1. The number of nitrogens with zero attached hydrogens (tertiary/aromatic N) is 3. The van der Waals surface area contributed by atoms with E-state index in [1.807, 2.05) is 0 Å². The van der Waals surface area contributed by atoms with Crippen LogP contribution in [0.2, 0.25) is 0 Å². The van der Waals surface area contributed by atoms with Crippen molar-refractivity contribution >= 4 is 11.8 Å². The minimum atomic E-state index is 0.0704. The lowest BCUT2D eigenvalue weighted by atomic mass is 9.94. The quantitative estimate of drug-likeness (QED) is 0.688. The van der Waals surface area contributed by atoms with Crippen molar-refractivity contribution < 1.29 is 9.84 Å². The molecule has 3 aliphatic heterocycles. The van der Waals surface area contributed by atoms with Crippen molar-refractivity contribution in [2.45, 2.75) is 43.6 Å². The van der Waals surface area contributed by atoms with Crippen LogP contribution >= 0.6 is 0 Å². The molecule has 1 aromatic rings. The third-order valence-electron chi connectivity index (χ3n) is 5.90. The van der Waals surface area contributed by atoms with E-state index in [4.69, 9.17) is 9.84 Å². The van der Waals surface area contributed by atoms with Gasteiger partial charge < -0.3 is 20.5 Å². The molecule has 3 fully saturated rings. The minimum Gasteiger partial charge on any atom is -0.395 e. The lowest BCUT2D eigenvalue weighted by Gasteiger charge is -2.32. The average molecular weight is 347 g/mol. The van der Waals surface area contributed by atoms with Gasteiger partial charge >= 0.3 is 0 Å². The fraction of sp³-hybridized carbons (Fsp3) is 0.778. The Labute approximate surface area is 149 Å². The molecule has 0 bridgehead atoms. The van der Waals surface area contributed by atoms with E-state index in [2.05, 4.69) is 31.6 Å². The van der Waals surface area contributed by atoms with Crippen LogP contribution in [0.1, 0.15) is 43.7 Å². The Morgan fingerprint density at radius 1 is 1.24 bits per heavy atom. The molecule has 3 aliphatic rings. The molecule has 0 radical (unpaired) electrons. The summed E-state index contributed by atoms with van der Waals surface area (Å²) in [6.45, 7) is 5.48. The van der Waals surface area contributed by atoms with Gasteiger partial charge in [-0.3, -0.25) is 4.90 Å². The van der Waals surface area contributed by atoms with Crippen LogP contribution in [0.3, 0.4) is 0 Å². The second kappa shape index (κ2) is 7.43. The molecule has 3 N–H and O–H groups in total. The zero-order valence-electron chi connectivity index (χ0n) is 14.8. The van der Waals surface area contributed by atoms with Gasteiger partial charge in [0, 0.05) is 37.2 Å². The van der Waals surface area contributed by atoms with E-state index in [-0.39, 0.29) is 6.61 Å². The highest BCUT2D eigenvalue weighted by atomic mass is 16.5. The van der Waals surface area contributed by atoms with E-state index in [1.54, 1.807) is 0 Å². The van der Waals surface area contributed by atoms with Crippen LogP contribution in [0.4, 0.5) is 11.8 Å². The van der Waals surface area contributed by atoms with E-state index >= 15 is 0 Å². The molecule has 0 saturated carbocycles. The molecule has 0 amide bonds. The average Bonchev–Trinajstić information content (AvgIpc) is 3.34. The number of nitrogens with one attached hydrogen (secondary N) is 2. The van der Waals surface area contributed by atoms with Crippen LogP contribution in [0.25, 0.3) is 0 Å². The molecule has 1 atom stereocenters. The van der Waals surface area contributed by atoms with Gasteiger partial charge in [0.2, 0.25) is 5.95 Å². The van der Waals surface area contributed by atoms with E-state index in [9.17, 15) is 0 Å². The number of fused-ring (bicyclic) bond motifs is 1. The standard InChI is InChI=1S/C18H29N5O2/c24-9-6-19-17-21-15(14-3-10-25-12-14)11-16(22-17)20-13-18-4-1-7-23(18)8-2-5-18/h11,14,24H,1-10,12-13H2,(H2,19,20,21,22)/t14-/m0/s1. The lowest BCUT2D eigenvalue weighted by Crippen LogP contribution is -2.44. The van der Waals surface area contributed by atoms with Crippen molar-refractivity contribution in [2.24, 2.45) is 0 Å². The van der Waals surface area contributed by atoms with Crippen molar-refractivity contribution in [1.82, 2.24) is 14.9 Å². The molecule has 4 heterocycles. The fourth-order valence-corrected chi connectivity index (χ4v) is 4.55. The van der Waals surface area contributed by atoms with Crippen molar-refractivity contribution in [1.29, 1.82) is 0 Å². The van der Waals surface area contributed by atoms with E-state index in [1.165, 1.54) is 38.8 Å². The summed E-state index contributed by atoms with van der Waals surface area (Å²) in [4.78, 5) is 11.9. The summed E-state index contributed by atoms with van der Waals surface area (Å²) in [6.07, 6.45) is 6.18. The highest BCUT2D eigenvalue weighted by Crippen LogP contribution is 2.38. The van der Waals surface area contributed by atoms with E-state index in [0.717, 1.165) is 37.7 Å². The summed E-state index contributed by atoms with van der Waals surface area (Å²) in [5.74, 6) is 1.81. The van der Waals surface area contributed by atoms with Crippen molar-refractivity contribution in [2.75, 3.05) is 56.6 Å². The van der Waals surface area contributed by atoms with Gasteiger partial charge in [0.25, 0.3) is 0 Å². The Balaban J connectivity index is 1.50. The van der Waals surface area contributed by atoms with Crippen molar-refractivity contribution in [3.8, 4) is 0 Å². The molecule has 0 aliphatic carbocycles. The van der Waals surface area contributed by atoms with Gasteiger partial charge in [0.05, 0.1) is 18.9 Å². The molecular weight excluding hydrogens is 318 g/mol. The zero-order valence-corrected chi connectivity index (χ0v) is 14.8. The Kier molecular flexibility index (Phi) is 5.05. The molecule has 1 aromatic heterocycles. The first-order valence-corrected chi connectivity index (χ1v) is 9.59. The third kappa shape index (κ3) is 3.59. The van der Waals surface area contributed by atoms with Crippen LogP contribution < -0.4 is 10.6 Å². The maximum atomic E-state index is 9.07. The molecule has 25 heavy (non-hydrogen) atoms. The maximum Gasteiger partial charge on any atom is 0.224 e. The van der Waals surface area contributed by atoms with Crippen molar-refractivity contribution in [3.05, 3.63) is 11.8 Å². The number of aromatic nitrogens is 2. The van der Waals surface area contributed by atoms with Gasteiger partial charge in [0.1, 0.15) is 5.82 Å². The molecule has 0 aromatic carbocycles. The normalized spacial score (nSPS) is 25.2. The highest BCUT2D eigenvalue weighted by Gasteiger charge is 2.43. The summed E-state index contributed by atoms with van der Waals surface area (Å²) in [7, 11) is 0. The van der Waals surface area contributed by atoms with Crippen LogP contribution in [-0.2, 0) is 4.74 Å². The van der Waals surface area contributed by atoms with Gasteiger partial charge in [-0.05, 0) is 45.2 Å². The molecule has 3 saturated heterocycles. The van der Waals surface area contributed by atoms with Crippen LogP contribution in [0.15, 0.2) is 6.07 Å². The lowest BCUT2D eigenvalue weighted by molar-refractivity contribution is 0.193. The summed E-state index contributed by atoms with van der Waals surface area (Å²) >= 11 is 0. The number of aliphatic hydroxyl groups excluding tert-OH is 1. The van der Waals surface area contributed by atoms with E-state index in [0.29, 0.717) is 23.9 Å². The predicted molar refractivity (Wildman–Crippen MR) is 97.0 cm³/mol. The number of ether oxygens (including phenoxy) is 1. The number of anilines is 2. The largest absolute Gasteiger partial charge is 0.395 e. The summed E-state index contributed by atoms with van der Waals surface area (Å²) in [5, 5.41) is 15.8. The second-order valence-corrected chi connectivity index (χ2v) is 7.48. The summed E-state index contributed by atoms with van der Waals surface area (Å²) < 4.78 is 5.52. The predicted octanol–water partition coefficient (Wildman–Crippen LogP) is 1.42. The number of hydrogen-bond donors (Lipinski definition) is 3. The Morgan fingerprint density at radius 2 is 2.08 bits per heavy atom. The van der Waals surface area contributed by atoms with E-state index < -0.39 is 0 Å². The molecule has 138 valence electrons. The molecule has 0 unspecified atom stereocenters. The third-order valence-corrected chi connectivity index (χ3v) is 5.90. The molecule has 7 nitrogen and oxygen atoms in total. The van der Waals surface area contributed by atoms with Crippen LogP contribution in [-0.4, -0.2) is 71.5 Å². The Morgan fingerprint density at radius 3 is 2.80 bits per heavy atom. The van der Waals surface area contributed by atoms with Gasteiger partial charge in [-0.15, -0.1) is 0 Å². The minimum absolute atomic E-state index is 0.0704. The number of rotatable bonds is 7. The first kappa shape index (κ1) is 17.0. The Bertz CT molecular complexity index is 581. The number of aliphatic hydroxyl groups is 1. The topological polar surface area (TPSA) is 82.5 Å². The van der Waals surface area contributed by atoms with Crippen LogP contribution in [0, 0.1) is 0 Å². The second-order valence-electron chi connectivity index (χ2n) is 7.48. The molecular formula is C18H29N5O2. The van der Waals surface area contributed by atoms with Crippen molar-refractivity contribution in [3.63, 3.8) is 0 Å². The molecule has 0 spiro atoms. The maximum absolute atomic E-state index is 9.07. The zero-order chi connectivity index (χ0) is 17.1. The molecule has 7 heteroatoms. The first-order valence-electron chi connectivity index (χ1n) is 9.59. The summed E-state index contributed by atoms with van der Waals surface area (Å²) in [5.41, 5.74) is 1.35. The molecule has 4 rings (SSSR count). The van der Waals surface area contributed by atoms with Gasteiger partial charge in [-0.25, -0.2) is 4.98 Å². The number of hydrogen-bond acceptors (Lipinski definition) is 7. The van der Waals surface area contributed by atoms with Crippen LogP contribution in [0.5, 0.6) is 0 Å².